The standard InChI is InChI=1S/C20H18N2O3/c23-18-8-4-6-17(12-18)15-22(25-19-9-2-1-3-10-19)20(24)13-16-7-5-11-21-14-16/h1-12,14,23H,13,15H2. The Hall–Kier alpha value is -3.34. The minimum Gasteiger partial charge on any atom is -0.508 e. The van der Waals surface area contributed by atoms with Gasteiger partial charge in [-0.25, -0.2) is 0 Å². The number of hydroxylamine groups is 2. The fraction of sp³-hybridized carbons (Fsp3) is 0.100. The van der Waals surface area contributed by atoms with Crippen molar-refractivity contribution in [3.63, 3.8) is 0 Å². The van der Waals surface area contributed by atoms with Crippen molar-refractivity contribution >= 4 is 5.91 Å². The van der Waals surface area contributed by atoms with E-state index in [1.165, 1.54) is 5.06 Å². The van der Waals surface area contributed by atoms with Gasteiger partial charge in [-0.3, -0.25) is 9.78 Å². The van der Waals surface area contributed by atoms with Gasteiger partial charge in [0.25, 0.3) is 5.91 Å². The van der Waals surface area contributed by atoms with Crippen LogP contribution in [-0.2, 0) is 17.8 Å². The number of phenols is 1. The highest BCUT2D eigenvalue weighted by atomic mass is 16.7. The third kappa shape index (κ3) is 4.81. The van der Waals surface area contributed by atoms with E-state index in [9.17, 15) is 9.90 Å². The zero-order valence-corrected chi connectivity index (χ0v) is 13.6. The van der Waals surface area contributed by atoms with E-state index in [0.29, 0.717) is 5.75 Å². The summed E-state index contributed by atoms with van der Waals surface area (Å²) in [4.78, 5) is 22.5. The van der Waals surface area contributed by atoms with Crippen molar-refractivity contribution in [2.45, 2.75) is 13.0 Å². The molecular formula is C20H18N2O3. The van der Waals surface area contributed by atoms with E-state index in [1.807, 2.05) is 30.3 Å². The first kappa shape index (κ1) is 16.5. The fourth-order valence-electron chi connectivity index (χ4n) is 2.37. The van der Waals surface area contributed by atoms with Crippen LogP contribution in [0.5, 0.6) is 11.5 Å². The van der Waals surface area contributed by atoms with Crippen LogP contribution in [0.2, 0.25) is 0 Å². The monoisotopic (exact) mass is 334 g/mol. The van der Waals surface area contributed by atoms with Crippen LogP contribution in [0, 0.1) is 0 Å². The molecule has 0 spiro atoms. The summed E-state index contributed by atoms with van der Waals surface area (Å²) < 4.78 is 0. The molecule has 1 heterocycles. The van der Waals surface area contributed by atoms with Gasteiger partial charge in [0.1, 0.15) is 5.75 Å². The first-order chi connectivity index (χ1) is 12.2. The Kier molecular flexibility index (Phi) is 5.26. The van der Waals surface area contributed by atoms with Crippen molar-refractivity contribution in [3.05, 3.63) is 90.3 Å². The molecule has 1 aromatic heterocycles. The number of carbonyl (C=O) groups is 1. The molecule has 0 bridgehead atoms. The molecule has 25 heavy (non-hydrogen) atoms. The number of phenolic OH excluding ortho intramolecular Hbond substituents is 1. The van der Waals surface area contributed by atoms with Crippen molar-refractivity contribution < 1.29 is 14.7 Å². The van der Waals surface area contributed by atoms with Crippen molar-refractivity contribution in [1.29, 1.82) is 0 Å². The van der Waals surface area contributed by atoms with E-state index in [-0.39, 0.29) is 24.6 Å². The summed E-state index contributed by atoms with van der Waals surface area (Å²) in [6.45, 7) is 0.225. The SMILES string of the molecule is O=C(Cc1cccnc1)N(Cc1cccc(O)c1)Oc1ccccc1. The fourth-order valence-corrected chi connectivity index (χ4v) is 2.37. The van der Waals surface area contributed by atoms with Gasteiger partial charge in [-0.1, -0.05) is 36.4 Å². The van der Waals surface area contributed by atoms with E-state index in [4.69, 9.17) is 4.84 Å². The maximum atomic E-state index is 12.7. The summed E-state index contributed by atoms with van der Waals surface area (Å²) in [6, 6.07) is 19.5. The molecule has 0 saturated heterocycles. The molecule has 0 radical (unpaired) electrons. The van der Waals surface area contributed by atoms with E-state index in [1.54, 1.807) is 48.8 Å². The zero-order valence-electron chi connectivity index (χ0n) is 13.6. The van der Waals surface area contributed by atoms with Gasteiger partial charge in [-0.15, -0.1) is 0 Å². The van der Waals surface area contributed by atoms with Crippen LogP contribution >= 0.6 is 0 Å². The number of pyridine rings is 1. The molecule has 0 aliphatic rings. The first-order valence-electron chi connectivity index (χ1n) is 7.91. The Balaban J connectivity index is 1.79. The van der Waals surface area contributed by atoms with Gasteiger partial charge in [-0.2, -0.15) is 5.06 Å². The summed E-state index contributed by atoms with van der Waals surface area (Å²) in [7, 11) is 0. The normalized spacial score (nSPS) is 10.2. The van der Waals surface area contributed by atoms with Gasteiger partial charge in [0.2, 0.25) is 0 Å². The maximum Gasteiger partial charge on any atom is 0.259 e. The molecule has 1 amide bonds. The molecule has 0 saturated carbocycles. The number of hydrogen-bond donors (Lipinski definition) is 1. The lowest BCUT2D eigenvalue weighted by Crippen LogP contribution is -2.35. The highest BCUT2D eigenvalue weighted by Crippen LogP contribution is 2.17. The predicted molar refractivity (Wildman–Crippen MR) is 93.7 cm³/mol. The van der Waals surface area contributed by atoms with E-state index >= 15 is 0 Å². The number of aromatic nitrogens is 1. The Bertz CT molecular complexity index is 823. The molecule has 5 nitrogen and oxygen atoms in total. The van der Waals surface area contributed by atoms with E-state index < -0.39 is 0 Å². The molecule has 5 heteroatoms. The Morgan fingerprint density at radius 2 is 1.80 bits per heavy atom. The number of hydrogen-bond acceptors (Lipinski definition) is 4. The summed E-state index contributed by atoms with van der Waals surface area (Å²) in [5.41, 5.74) is 1.58. The van der Waals surface area contributed by atoms with E-state index in [2.05, 4.69) is 4.98 Å². The predicted octanol–water partition coefficient (Wildman–Crippen LogP) is 3.35. The Labute approximate surface area is 146 Å². The topological polar surface area (TPSA) is 62.7 Å². The summed E-state index contributed by atoms with van der Waals surface area (Å²) >= 11 is 0. The van der Waals surface area contributed by atoms with Crippen molar-refractivity contribution in [2.24, 2.45) is 0 Å². The molecule has 0 unspecified atom stereocenters. The Morgan fingerprint density at radius 3 is 2.52 bits per heavy atom. The number of amides is 1. The summed E-state index contributed by atoms with van der Waals surface area (Å²) in [5.74, 6) is 0.527. The summed E-state index contributed by atoms with van der Waals surface area (Å²) in [5, 5.41) is 10.9. The number of aromatic hydroxyl groups is 1. The van der Waals surface area contributed by atoms with Crippen LogP contribution < -0.4 is 4.84 Å². The average molecular weight is 334 g/mol. The Morgan fingerprint density at radius 1 is 1.00 bits per heavy atom. The second-order valence-electron chi connectivity index (χ2n) is 5.54. The highest BCUT2D eigenvalue weighted by Gasteiger charge is 2.17. The molecule has 0 atom stereocenters. The van der Waals surface area contributed by atoms with E-state index in [0.717, 1.165) is 11.1 Å². The van der Waals surface area contributed by atoms with Gasteiger partial charge >= 0.3 is 0 Å². The van der Waals surface area contributed by atoms with Crippen LogP contribution in [0.3, 0.4) is 0 Å². The van der Waals surface area contributed by atoms with Gasteiger partial charge < -0.3 is 9.94 Å². The molecule has 0 aliphatic heterocycles. The molecule has 1 N–H and O–H groups in total. The van der Waals surface area contributed by atoms with Crippen LogP contribution in [0.1, 0.15) is 11.1 Å². The zero-order chi connectivity index (χ0) is 17.5. The van der Waals surface area contributed by atoms with Gasteiger partial charge in [-0.05, 0) is 41.5 Å². The quantitative estimate of drug-likeness (QED) is 0.702. The number of carbonyl (C=O) groups excluding carboxylic acids is 1. The van der Waals surface area contributed by atoms with Crippen LogP contribution in [0.4, 0.5) is 0 Å². The first-order valence-corrected chi connectivity index (χ1v) is 7.91. The molecule has 2 aromatic carbocycles. The van der Waals surface area contributed by atoms with Crippen LogP contribution in [-0.4, -0.2) is 21.1 Å². The lowest BCUT2D eigenvalue weighted by atomic mass is 10.2. The largest absolute Gasteiger partial charge is 0.508 e. The number of nitrogens with zero attached hydrogens (tertiary/aromatic N) is 2. The average Bonchev–Trinajstić information content (AvgIpc) is 2.63. The third-order valence-electron chi connectivity index (χ3n) is 3.55. The van der Waals surface area contributed by atoms with Crippen LogP contribution in [0.15, 0.2) is 79.1 Å². The smallest absolute Gasteiger partial charge is 0.259 e. The number of benzene rings is 2. The minimum absolute atomic E-state index is 0.150. The summed E-state index contributed by atoms with van der Waals surface area (Å²) in [6.07, 6.45) is 3.51. The molecule has 0 aliphatic carbocycles. The second kappa shape index (κ2) is 7.97. The van der Waals surface area contributed by atoms with Gasteiger partial charge in [0, 0.05) is 12.4 Å². The van der Waals surface area contributed by atoms with Crippen molar-refractivity contribution in [1.82, 2.24) is 10.0 Å². The minimum atomic E-state index is -0.194. The van der Waals surface area contributed by atoms with Gasteiger partial charge in [0.15, 0.2) is 5.75 Å². The molecular weight excluding hydrogens is 316 g/mol. The number of para-hydroxylation sites is 1. The molecule has 0 fully saturated rings. The van der Waals surface area contributed by atoms with Crippen molar-refractivity contribution in [2.75, 3.05) is 0 Å². The molecule has 126 valence electrons. The lowest BCUT2D eigenvalue weighted by Gasteiger charge is -2.23. The molecule has 3 rings (SSSR count). The lowest BCUT2D eigenvalue weighted by molar-refractivity contribution is -0.158. The maximum absolute atomic E-state index is 12.7. The second-order valence-corrected chi connectivity index (χ2v) is 5.54. The molecule has 3 aromatic rings. The third-order valence-corrected chi connectivity index (χ3v) is 3.55. The van der Waals surface area contributed by atoms with Crippen LogP contribution in [0.25, 0.3) is 0 Å². The highest BCUT2D eigenvalue weighted by molar-refractivity contribution is 5.77. The number of rotatable bonds is 6. The van der Waals surface area contributed by atoms with Gasteiger partial charge in [0.05, 0.1) is 13.0 Å². The van der Waals surface area contributed by atoms with Crippen molar-refractivity contribution in [3.8, 4) is 11.5 Å².